The van der Waals surface area contributed by atoms with Gasteiger partial charge in [0.25, 0.3) is 5.91 Å². The Balaban J connectivity index is 2.24. The number of halogens is 1. The molecule has 0 saturated carbocycles. The molecular formula is C22H34BrNO8. The molecule has 2 heterocycles. The second-order valence-corrected chi connectivity index (χ2v) is 9.98. The number of carbonyl (C=O) groups excluding carboxylic acids is 3. The molecule has 1 saturated heterocycles. The molecule has 0 aromatic carbocycles. The van der Waals surface area contributed by atoms with Crippen LogP contribution in [0.25, 0.3) is 0 Å². The van der Waals surface area contributed by atoms with E-state index in [4.69, 9.17) is 19.3 Å². The summed E-state index contributed by atoms with van der Waals surface area (Å²) in [5.41, 5.74) is -0.908. The number of ketones is 1. The average Bonchev–Trinajstić information content (AvgIpc) is 2.94. The normalized spacial score (nSPS) is 28.7. The molecule has 182 valence electrons. The molecule has 10 heteroatoms. The monoisotopic (exact) mass is 519 g/mol. The van der Waals surface area contributed by atoms with E-state index in [2.05, 4.69) is 15.9 Å². The molecule has 0 aromatic heterocycles. The summed E-state index contributed by atoms with van der Waals surface area (Å²) in [4.78, 5) is 39.7. The van der Waals surface area contributed by atoms with Gasteiger partial charge in [-0.2, -0.15) is 0 Å². The molecule has 2 rings (SSSR count). The number of ether oxygens (including phenoxy) is 3. The third-order valence-electron chi connectivity index (χ3n) is 5.85. The average molecular weight is 520 g/mol. The van der Waals surface area contributed by atoms with Crippen molar-refractivity contribution in [3.8, 4) is 0 Å². The molecule has 2 aliphatic heterocycles. The van der Waals surface area contributed by atoms with Crippen molar-refractivity contribution in [1.29, 1.82) is 0 Å². The van der Waals surface area contributed by atoms with Crippen molar-refractivity contribution < 1.29 is 38.8 Å². The number of unbranched alkanes of at least 4 members (excludes halogenated alkanes) is 3. The summed E-state index contributed by atoms with van der Waals surface area (Å²) in [5.74, 6) is -3.23. The number of nitrogens with zero attached hydrogens (tertiary/aromatic N) is 1. The number of amides is 2. The number of cyclic esters (lactones) is 1. The van der Waals surface area contributed by atoms with Crippen molar-refractivity contribution in [1.82, 2.24) is 4.90 Å². The number of rotatable bonds is 10. The summed E-state index contributed by atoms with van der Waals surface area (Å²) >= 11 is 3.20. The standard InChI is InChI=1S/C22H34BrNO8/c1-13(2)18-21(3,4)32-20(28)24(18)19(27)17(30-5)16-14(26)12-15(23)22(29,31-16)10-8-6-7-9-11-25/h12-13,16-18,25,29H,6-11H2,1-5H3/t16-,17+,18+,22-/m1/s1. The van der Waals surface area contributed by atoms with Crippen LogP contribution in [0, 0.1) is 5.92 Å². The Morgan fingerprint density at radius 3 is 2.44 bits per heavy atom. The molecule has 2 N–H and O–H groups in total. The van der Waals surface area contributed by atoms with E-state index in [0.717, 1.165) is 17.7 Å². The van der Waals surface area contributed by atoms with E-state index in [1.54, 1.807) is 13.8 Å². The first-order chi connectivity index (χ1) is 14.9. The predicted octanol–water partition coefficient (Wildman–Crippen LogP) is 2.66. The molecular weight excluding hydrogens is 486 g/mol. The lowest BCUT2D eigenvalue weighted by atomic mass is 9.88. The molecule has 0 radical (unpaired) electrons. The van der Waals surface area contributed by atoms with E-state index in [1.165, 1.54) is 13.2 Å². The van der Waals surface area contributed by atoms with Gasteiger partial charge in [-0.25, -0.2) is 9.69 Å². The highest BCUT2D eigenvalue weighted by Gasteiger charge is 2.55. The van der Waals surface area contributed by atoms with Gasteiger partial charge in [0, 0.05) is 20.1 Å². The van der Waals surface area contributed by atoms with Gasteiger partial charge in [0.2, 0.25) is 0 Å². The number of aliphatic hydroxyl groups is 2. The van der Waals surface area contributed by atoms with Gasteiger partial charge in [0.15, 0.2) is 23.8 Å². The Hall–Kier alpha value is -1.33. The molecule has 32 heavy (non-hydrogen) atoms. The topological polar surface area (TPSA) is 123 Å². The zero-order valence-electron chi connectivity index (χ0n) is 19.3. The molecule has 0 spiro atoms. The van der Waals surface area contributed by atoms with Crippen molar-refractivity contribution in [3.05, 3.63) is 10.6 Å². The number of hydrogen-bond acceptors (Lipinski definition) is 8. The Morgan fingerprint density at radius 1 is 1.25 bits per heavy atom. The zero-order chi connectivity index (χ0) is 24.3. The van der Waals surface area contributed by atoms with Crippen LogP contribution >= 0.6 is 15.9 Å². The van der Waals surface area contributed by atoms with Gasteiger partial charge in [-0.15, -0.1) is 0 Å². The molecule has 4 atom stereocenters. The van der Waals surface area contributed by atoms with E-state index in [9.17, 15) is 19.5 Å². The van der Waals surface area contributed by atoms with Crippen LogP contribution in [0.15, 0.2) is 10.6 Å². The third kappa shape index (κ3) is 5.59. The van der Waals surface area contributed by atoms with Crippen molar-refractivity contribution in [2.45, 2.75) is 89.4 Å². The van der Waals surface area contributed by atoms with E-state index in [1.807, 2.05) is 13.8 Å². The first-order valence-electron chi connectivity index (χ1n) is 10.9. The SMILES string of the molecule is CO[C@H](C(=O)N1C(=O)OC(C)(C)[C@@H]1C(C)C)[C@@H]1O[C@](O)(CCCCCCO)C(Br)=CC1=O. The molecule has 1 fully saturated rings. The smallest absolute Gasteiger partial charge is 0.417 e. The molecule has 0 bridgehead atoms. The third-order valence-corrected chi connectivity index (χ3v) is 6.70. The van der Waals surface area contributed by atoms with Crippen LogP contribution in [0.4, 0.5) is 4.79 Å². The lowest BCUT2D eigenvalue weighted by Gasteiger charge is -2.38. The highest BCUT2D eigenvalue weighted by molar-refractivity contribution is 9.11. The van der Waals surface area contributed by atoms with E-state index in [0.29, 0.717) is 12.8 Å². The van der Waals surface area contributed by atoms with E-state index < -0.39 is 47.4 Å². The maximum absolute atomic E-state index is 13.4. The molecule has 2 aliphatic rings. The van der Waals surface area contributed by atoms with E-state index in [-0.39, 0.29) is 23.4 Å². The molecule has 0 unspecified atom stereocenters. The largest absolute Gasteiger partial charge is 0.441 e. The summed E-state index contributed by atoms with van der Waals surface area (Å²) in [5, 5.41) is 19.9. The van der Waals surface area contributed by atoms with Crippen LogP contribution in [-0.4, -0.2) is 76.3 Å². The molecule has 9 nitrogen and oxygen atoms in total. The summed E-state index contributed by atoms with van der Waals surface area (Å²) < 4.78 is 16.6. The summed E-state index contributed by atoms with van der Waals surface area (Å²) in [7, 11) is 1.25. The van der Waals surface area contributed by atoms with Gasteiger partial charge in [-0.1, -0.05) is 26.7 Å². The quantitative estimate of drug-likeness (QED) is 0.422. The lowest BCUT2D eigenvalue weighted by Crippen LogP contribution is -2.58. The predicted molar refractivity (Wildman–Crippen MR) is 119 cm³/mol. The number of carbonyl (C=O) groups is 3. The highest BCUT2D eigenvalue weighted by atomic mass is 79.9. The number of aliphatic hydroxyl groups excluding tert-OH is 1. The first-order valence-corrected chi connectivity index (χ1v) is 11.7. The Kier molecular flexibility index (Phi) is 9.03. The Labute approximate surface area is 197 Å². The number of hydrogen-bond donors (Lipinski definition) is 2. The fraction of sp³-hybridized carbons (Fsp3) is 0.773. The number of imide groups is 1. The van der Waals surface area contributed by atoms with Crippen LogP contribution in [-0.2, 0) is 23.8 Å². The summed E-state index contributed by atoms with van der Waals surface area (Å²) in [6.45, 7) is 7.29. The lowest BCUT2D eigenvalue weighted by molar-refractivity contribution is -0.227. The maximum Gasteiger partial charge on any atom is 0.417 e. The van der Waals surface area contributed by atoms with Crippen LogP contribution < -0.4 is 0 Å². The van der Waals surface area contributed by atoms with Crippen molar-refractivity contribution in [2.75, 3.05) is 13.7 Å². The molecule has 2 amide bonds. The Bertz CT molecular complexity index is 752. The maximum atomic E-state index is 13.4. The van der Waals surface area contributed by atoms with Crippen LogP contribution in [0.1, 0.15) is 59.8 Å². The van der Waals surface area contributed by atoms with Gasteiger partial charge in [-0.05, 0) is 54.6 Å². The zero-order valence-corrected chi connectivity index (χ0v) is 20.9. The minimum absolute atomic E-state index is 0.103. The Morgan fingerprint density at radius 2 is 1.88 bits per heavy atom. The summed E-state index contributed by atoms with van der Waals surface area (Å²) in [6, 6.07) is -0.563. The first kappa shape index (κ1) is 26.9. The van der Waals surface area contributed by atoms with Gasteiger partial charge in [0.05, 0.1) is 10.5 Å². The van der Waals surface area contributed by atoms with Gasteiger partial charge in [-0.3, -0.25) is 9.59 Å². The van der Waals surface area contributed by atoms with Gasteiger partial charge < -0.3 is 24.4 Å². The van der Waals surface area contributed by atoms with E-state index >= 15 is 0 Å². The molecule has 0 aliphatic carbocycles. The fourth-order valence-electron chi connectivity index (χ4n) is 4.44. The second-order valence-electron chi connectivity index (χ2n) is 9.13. The molecule has 0 aromatic rings. The van der Waals surface area contributed by atoms with Crippen molar-refractivity contribution >= 4 is 33.7 Å². The van der Waals surface area contributed by atoms with Crippen LogP contribution in [0.3, 0.4) is 0 Å². The minimum Gasteiger partial charge on any atom is -0.441 e. The van der Waals surface area contributed by atoms with Crippen molar-refractivity contribution in [2.24, 2.45) is 5.92 Å². The van der Waals surface area contributed by atoms with Gasteiger partial charge >= 0.3 is 6.09 Å². The number of methoxy groups -OCH3 is 1. The fourth-order valence-corrected chi connectivity index (χ4v) is 4.96. The van der Waals surface area contributed by atoms with Crippen molar-refractivity contribution in [3.63, 3.8) is 0 Å². The summed E-state index contributed by atoms with van der Waals surface area (Å²) in [6.07, 6.45) is 0.472. The van der Waals surface area contributed by atoms with Gasteiger partial charge in [0.1, 0.15) is 5.60 Å². The van der Waals surface area contributed by atoms with Crippen LogP contribution in [0.2, 0.25) is 0 Å². The highest BCUT2D eigenvalue weighted by Crippen LogP contribution is 2.38. The van der Waals surface area contributed by atoms with Crippen LogP contribution in [0.5, 0.6) is 0 Å². The minimum atomic E-state index is -1.81. The second kappa shape index (κ2) is 10.7.